The van der Waals surface area contributed by atoms with Crippen LogP contribution in [0.4, 0.5) is 0 Å². The van der Waals surface area contributed by atoms with E-state index in [4.69, 9.17) is 0 Å². The molecule has 0 spiro atoms. The second-order valence-electron chi connectivity index (χ2n) is 5.23. The normalized spacial score (nSPS) is 10.7. The molecule has 0 amide bonds. The van der Waals surface area contributed by atoms with Gasteiger partial charge in [-0.25, -0.2) is 0 Å². The van der Waals surface area contributed by atoms with Gasteiger partial charge in [0.2, 0.25) is 0 Å². The van der Waals surface area contributed by atoms with Crippen LogP contribution in [-0.2, 0) is 6.42 Å². The van der Waals surface area contributed by atoms with Crippen LogP contribution in [-0.4, -0.2) is 6.29 Å². The van der Waals surface area contributed by atoms with Gasteiger partial charge in [-0.2, -0.15) is 0 Å². The molecule has 19 heavy (non-hydrogen) atoms. The van der Waals surface area contributed by atoms with Crippen LogP contribution >= 0.6 is 0 Å². The van der Waals surface area contributed by atoms with Crippen molar-refractivity contribution in [1.82, 2.24) is 0 Å². The lowest BCUT2D eigenvalue weighted by molar-refractivity contribution is 0.112. The van der Waals surface area contributed by atoms with Crippen LogP contribution < -0.4 is 0 Å². The van der Waals surface area contributed by atoms with Gasteiger partial charge in [0, 0.05) is 12.0 Å². The van der Waals surface area contributed by atoms with E-state index in [9.17, 15) is 4.79 Å². The largest absolute Gasteiger partial charge is 0.298 e. The van der Waals surface area contributed by atoms with Gasteiger partial charge in [0.25, 0.3) is 0 Å². The summed E-state index contributed by atoms with van der Waals surface area (Å²) in [5.74, 6) is 0.672. The van der Waals surface area contributed by atoms with E-state index in [-0.39, 0.29) is 0 Å². The topological polar surface area (TPSA) is 17.1 Å². The average molecular weight is 251 g/mol. The fourth-order valence-corrected chi connectivity index (χ4v) is 2.15. The molecule has 1 radical (unpaired) electrons. The Morgan fingerprint density at radius 3 is 2.16 bits per heavy atom. The highest BCUT2D eigenvalue weighted by Crippen LogP contribution is 2.17. The zero-order valence-electron chi connectivity index (χ0n) is 11.5. The van der Waals surface area contributed by atoms with E-state index in [0.717, 1.165) is 29.4 Å². The summed E-state index contributed by atoms with van der Waals surface area (Å²) in [6.45, 7) is 4.45. The monoisotopic (exact) mass is 251 g/mol. The molecule has 2 rings (SSSR count). The van der Waals surface area contributed by atoms with Crippen molar-refractivity contribution >= 4 is 6.29 Å². The minimum Gasteiger partial charge on any atom is -0.298 e. The molecule has 1 heteroatoms. The van der Waals surface area contributed by atoms with Crippen molar-refractivity contribution in [2.45, 2.75) is 20.3 Å². The molecule has 2 aromatic carbocycles. The van der Waals surface area contributed by atoms with Crippen LogP contribution in [0, 0.1) is 12.3 Å². The highest BCUT2D eigenvalue weighted by atomic mass is 16.1. The number of carbonyl (C=O) groups is 1. The van der Waals surface area contributed by atoms with E-state index in [1.165, 1.54) is 5.56 Å². The van der Waals surface area contributed by atoms with Crippen LogP contribution in [0.25, 0.3) is 0 Å². The summed E-state index contributed by atoms with van der Waals surface area (Å²) in [6.07, 6.45) is 4.05. The summed E-state index contributed by atoms with van der Waals surface area (Å²) in [7, 11) is 0. The summed E-state index contributed by atoms with van der Waals surface area (Å²) in [5.41, 5.74) is 4.18. The van der Waals surface area contributed by atoms with Crippen molar-refractivity contribution < 1.29 is 4.79 Å². The maximum Gasteiger partial charge on any atom is 0.150 e. The van der Waals surface area contributed by atoms with Crippen LogP contribution in [0.15, 0.2) is 48.5 Å². The Hall–Kier alpha value is -1.89. The standard InChI is InChI=1S/C18H19O/c1-14(2)11-15-7-9-16(10-8-15)12-17-5-3-4-6-18(17)13-19/h3-10,12-14H,11H2,1-2H3. The average Bonchev–Trinajstić information content (AvgIpc) is 2.41. The van der Waals surface area contributed by atoms with Gasteiger partial charge in [0.05, 0.1) is 0 Å². The predicted molar refractivity (Wildman–Crippen MR) is 79.3 cm³/mol. The Morgan fingerprint density at radius 1 is 0.947 bits per heavy atom. The molecule has 0 aliphatic heterocycles. The first kappa shape index (κ1) is 13.5. The molecule has 0 aliphatic rings. The van der Waals surface area contributed by atoms with E-state index in [2.05, 4.69) is 38.1 Å². The molecule has 2 aromatic rings. The summed E-state index contributed by atoms with van der Waals surface area (Å²) < 4.78 is 0. The fraction of sp³-hybridized carbons (Fsp3) is 0.222. The second-order valence-corrected chi connectivity index (χ2v) is 5.23. The van der Waals surface area contributed by atoms with Gasteiger partial charge >= 0.3 is 0 Å². The molecule has 0 atom stereocenters. The molecule has 0 heterocycles. The SMILES string of the molecule is CC(C)Cc1ccc([CH]c2ccccc2C=O)cc1. The van der Waals surface area contributed by atoms with Crippen LogP contribution in [0.5, 0.6) is 0 Å². The number of hydrogen-bond donors (Lipinski definition) is 0. The van der Waals surface area contributed by atoms with Gasteiger partial charge in [-0.3, -0.25) is 4.79 Å². The van der Waals surface area contributed by atoms with Crippen molar-refractivity contribution in [1.29, 1.82) is 0 Å². The van der Waals surface area contributed by atoms with E-state index in [0.29, 0.717) is 5.92 Å². The highest BCUT2D eigenvalue weighted by molar-refractivity contribution is 5.78. The minimum atomic E-state index is 0.672. The third kappa shape index (κ3) is 3.78. The van der Waals surface area contributed by atoms with Crippen LogP contribution in [0.3, 0.4) is 0 Å². The van der Waals surface area contributed by atoms with Gasteiger partial charge in [0.1, 0.15) is 6.29 Å². The zero-order chi connectivity index (χ0) is 13.7. The predicted octanol–water partition coefficient (Wildman–Crippen LogP) is 4.30. The maximum atomic E-state index is 11.0. The van der Waals surface area contributed by atoms with Crippen LogP contribution in [0.2, 0.25) is 0 Å². The number of aldehydes is 1. The van der Waals surface area contributed by atoms with Crippen molar-refractivity contribution in [2.24, 2.45) is 5.92 Å². The van der Waals surface area contributed by atoms with E-state index in [1.807, 2.05) is 30.7 Å². The van der Waals surface area contributed by atoms with E-state index in [1.54, 1.807) is 0 Å². The molecule has 0 aromatic heterocycles. The molecule has 0 unspecified atom stereocenters. The molecule has 0 N–H and O–H groups in total. The first-order chi connectivity index (χ1) is 9.19. The molecule has 0 saturated heterocycles. The molecular formula is C18H19O. The Balaban J connectivity index is 2.13. The zero-order valence-corrected chi connectivity index (χ0v) is 11.5. The number of rotatable bonds is 5. The van der Waals surface area contributed by atoms with Gasteiger partial charge < -0.3 is 0 Å². The summed E-state index contributed by atoms with van der Waals surface area (Å²) in [4.78, 5) is 11.0. The quantitative estimate of drug-likeness (QED) is 0.724. The Morgan fingerprint density at radius 2 is 1.58 bits per heavy atom. The van der Waals surface area contributed by atoms with Crippen molar-refractivity contribution in [3.05, 3.63) is 77.2 Å². The number of benzene rings is 2. The van der Waals surface area contributed by atoms with E-state index >= 15 is 0 Å². The second kappa shape index (κ2) is 6.33. The smallest absolute Gasteiger partial charge is 0.150 e. The lowest BCUT2D eigenvalue weighted by atomic mass is 9.97. The first-order valence-corrected chi connectivity index (χ1v) is 6.67. The summed E-state index contributed by atoms with van der Waals surface area (Å²) >= 11 is 0. The Kier molecular flexibility index (Phi) is 4.51. The lowest BCUT2D eigenvalue weighted by Gasteiger charge is -2.07. The minimum absolute atomic E-state index is 0.672. The molecule has 0 fully saturated rings. The molecule has 0 aliphatic carbocycles. The maximum absolute atomic E-state index is 11.0. The fourth-order valence-electron chi connectivity index (χ4n) is 2.15. The first-order valence-electron chi connectivity index (χ1n) is 6.67. The molecular weight excluding hydrogens is 232 g/mol. The third-order valence-corrected chi connectivity index (χ3v) is 3.07. The molecule has 0 bridgehead atoms. The van der Waals surface area contributed by atoms with Gasteiger partial charge in [-0.15, -0.1) is 0 Å². The van der Waals surface area contributed by atoms with Crippen molar-refractivity contribution in [3.63, 3.8) is 0 Å². The summed E-state index contributed by atoms with van der Waals surface area (Å²) in [5, 5.41) is 0. The van der Waals surface area contributed by atoms with Gasteiger partial charge in [-0.1, -0.05) is 62.4 Å². The van der Waals surface area contributed by atoms with Crippen LogP contribution in [0.1, 0.15) is 40.9 Å². The lowest BCUT2D eigenvalue weighted by Crippen LogP contribution is -1.95. The van der Waals surface area contributed by atoms with E-state index < -0.39 is 0 Å². The van der Waals surface area contributed by atoms with Gasteiger partial charge in [-0.05, 0) is 29.0 Å². The number of carbonyl (C=O) groups excluding carboxylic acids is 1. The molecule has 97 valence electrons. The highest BCUT2D eigenvalue weighted by Gasteiger charge is 2.03. The van der Waals surface area contributed by atoms with Crippen molar-refractivity contribution in [3.8, 4) is 0 Å². The molecule has 1 nitrogen and oxygen atoms in total. The number of hydrogen-bond acceptors (Lipinski definition) is 1. The Labute approximate surface area is 115 Å². The Bertz CT molecular complexity index is 538. The van der Waals surface area contributed by atoms with Gasteiger partial charge in [0.15, 0.2) is 0 Å². The summed E-state index contributed by atoms with van der Waals surface area (Å²) in [6, 6.07) is 16.2. The molecule has 0 saturated carbocycles. The van der Waals surface area contributed by atoms with Crippen molar-refractivity contribution in [2.75, 3.05) is 0 Å². The third-order valence-electron chi connectivity index (χ3n) is 3.07.